The summed E-state index contributed by atoms with van der Waals surface area (Å²) in [5, 5.41) is 9.36. The average Bonchev–Trinajstić information content (AvgIpc) is 3.10. The summed E-state index contributed by atoms with van der Waals surface area (Å²) < 4.78 is 91.7. The summed E-state index contributed by atoms with van der Waals surface area (Å²) in [6, 6.07) is 0. The molecule has 2 unspecified atom stereocenters. The topological polar surface area (TPSA) is 20.2 Å². The number of allylic oxidation sites excluding steroid dienone is 6. The molecular formula is C27H35F7O. The van der Waals surface area contributed by atoms with Crippen LogP contribution >= 0.6 is 0 Å². The van der Waals surface area contributed by atoms with Crippen molar-refractivity contribution in [1.82, 2.24) is 0 Å². The van der Waals surface area contributed by atoms with Crippen LogP contribution in [0, 0.1) is 23.2 Å². The van der Waals surface area contributed by atoms with Crippen molar-refractivity contribution in [3.63, 3.8) is 0 Å². The fourth-order valence-corrected chi connectivity index (χ4v) is 6.59. The molecule has 198 valence electrons. The van der Waals surface area contributed by atoms with E-state index in [0.29, 0.717) is 12.0 Å². The maximum atomic E-state index is 14.0. The van der Waals surface area contributed by atoms with Crippen molar-refractivity contribution in [2.24, 2.45) is 23.2 Å². The standard InChI is InChI=1S/C27H35F7O/c1-17(7-5-16-25(35,26(29,30)31)27(32,33)34)21-13-14-22-20(9-6-15-24(21,22)3)12-11-19-8-4-10-23(28)18(19)2/h5,11-12,16-17,21-23,35H,2,4,6-10,13-15H2,1,3H3/b16-5-,19-11-,20-12+/t17-,21?,22?,23-,24+/m0/s1. The lowest BCUT2D eigenvalue weighted by Crippen LogP contribution is -2.55. The molecule has 0 aromatic heterocycles. The zero-order valence-electron chi connectivity index (χ0n) is 20.3. The Morgan fingerprint density at radius 2 is 1.69 bits per heavy atom. The number of fused-ring (bicyclic) bond motifs is 1. The number of alkyl halides is 7. The maximum absolute atomic E-state index is 14.0. The Kier molecular flexibility index (Phi) is 8.05. The summed E-state index contributed by atoms with van der Waals surface area (Å²) in [7, 11) is 0. The van der Waals surface area contributed by atoms with Crippen molar-refractivity contribution in [2.75, 3.05) is 0 Å². The van der Waals surface area contributed by atoms with E-state index in [9.17, 15) is 35.8 Å². The average molecular weight is 509 g/mol. The van der Waals surface area contributed by atoms with Crippen LogP contribution in [-0.4, -0.2) is 29.2 Å². The van der Waals surface area contributed by atoms with Crippen LogP contribution in [0.2, 0.25) is 0 Å². The molecule has 1 N–H and O–H groups in total. The largest absolute Gasteiger partial charge is 0.429 e. The van der Waals surface area contributed by atoms with Gasteiger partial charge in [0.1, 0.15) is 6.17 Å². The number of rotatable bonds is 5. The van der Waals surface area contributed by atoms with Crippen molar-refractivity contribution in [3.8, 4) is 0 Å². The molecule has 0 aromatic rings. The first kappa shape index (κ1) is 28.0. The predicted molar refractivity (Wildman–Crippen MR) is 122 cm³/mol. The lowest BCUT2D eigenvalue weighted by molar-refractivity contribution is -0.347. The van der Waals surface area contributed by atoms with E-state index in [1.807, 2.05) is 13.0 Å². The van der Waals surface area contributed by atoms with E-state index in [1.54, 1.807) is 0 Å². The zero-order valence-corrected chi connectivity index (χ0v) is 20.3. The minimum Gasteiger partial charge on any atom is -0.370 e. The molecule has 0 bridgehead atoms. The Labute approximate surface area is 202 Å². The van der Waals surface area contributed by atoms with E-state index in [4.69, 9.17) is 0 Å². The molecule has 0 aliphatic heterocycles. The van der Waals surface area contributed by atoms with Crippen LogP contribution in [0.1, 0.15) is 71.6 Å². The van der Waals surface area contributed by atoms with Gasteiger partial charge in [0.05, 0.1) is 0 Å². The van der Waals surface area contributed by atoms with Gasteiger partial charge in [-0.15, -0.1) is 0 Å². The second-order valence-corrected chi connectivity index (χ2v) is 10.8. The molecule has 0 heterocycles. The molecule has 3 aliphatic rings. The van der Waals surface area contributed by atoms with E-state index >= 15 is 0 Å². The second-order valence-electron chi connectivity index (χ2n) is 10.8. The van der Waals surface area contributed by atoms with Crippen LogP contribution in [-0.2, 0) is 0 Å². The molecule has 35 heavy (non-hydrogen) atoms. The van der Waals surface area contributed by atoms with Gasteiger partial charge < -0.3 is 5.11 Å². The van der Waals surface area contributed by atoms with Crippen molar-refractivity contribution < 1.29 is 35.8 Å². The van der Waals surface area contributed by atoms with Crippen LogP contribution in [0.25, 0.3) is 0 Å². The van der Waals surface area contributed by atoms with E-state index < -0.39 is 24.1 Å². The van der Waals surface area contributed by atoms with E-state index in [-0.39, 0.29) is 35.7 Å². The lowest BCUT2D eigenvalue weighted by Gasteiger charge is -2.44. The number of hydrogen-bond acceptors (Lipinski definition) is 1. The molecule has 3 saturated carbocycles. The van der Waals surface area contributed by atoms with Crippen LogP contribution in [0.4, 0.5) is 30.7 Å². The van der Waals surface area contributed by atoms with E-state index in [1.165, 1.54) is 5.57 Å². The Morgan fingerprint density at radius 1 is 1.03 bits per heavy atom. The molecule has 0 aromatic carbocycles. The van der Waals surface area contributed by atoms with E-state index in [0.717, 1.165) is 56.6 Å². The summed E-state index contributed by atoms with van der Waals surface area (Å²) in [5.41, 5.74) is -2.18. The highest BCUT2D eigenvalue weighted by atomic mass is 19.4. The van der Waals surface area contributed by atoms with Gasteiger partial charge in [-0.25, -0.2) is 4.39 Å². The monoisotopic (exact) mass is 508 g/mol. The molecule has 3 rings (SSSR count). The zero-order chi connectivity index (χ0) is 26.2. The van der Waals surface area contributed by atoms with Gasteiger partial charge in [0.15, 0.2) is 0 Å². The molecule has 3 fully saturated rings. The highest BCUT2D eigenvalue weighted by Crippen LogP contribution is 2.60. The highest BCUT2D eigenvalue weighted by Gasteiger charge is 2.68. The second kappa shape index (κ2) is 10.1. The van der Waals surface area contributed by atoms with Gasteiger partial charge in [-0.1, -0.05) is 44.2 Å². The Bertz CT molecular complexity index is 865. The third kappa shape index (κ3) is 5.42. The van der Waals surface area contributed by atoms with Gasteiger partial charge in [-0.05, 0) is 98.2 Å². The summed E-state index contributed by atoms with van der Waals surface area (Å²) in [6.07, 6.45) is -1.23. The minimum absolute atomic E-state index is 0.0161. The first-order chi connectivity index (χ1) is 16.1. The lowest BCUT2D eigenvalue weighted by atomic mass is 9.61. The third-order valence-electron chi connectivity index (χ3n) is 8.65. The molecule has 5 atom stereocenters. The van der Waals surface area contributed by atoms with Gasteiger partial charge in [-0.3, -0.25) is 0 Å². The molecule has 0 spiro atoms. The molecule has 0 radical (unpaired) electrons. The predicted octanol–water partition coefficient (Wildman–Crippen LogP) is 8.57. The van der Waals surface area contributed by atoms with Crippen LogP contribution < -0.4 is 0 Å². The Morgan fingerprint density at radius 3 is 2.31 bits per heavy atom. The molecule has 8 heteroatoms. The fraction of sp³-hybridized carbons (Fsp3) is 0.704. The van der Waals surface area contributed by atoms with Crippen molar-refractivity contribution >= 4 is 0 Å². The highest BCUT2D eigenvalue weighted by molar-refractivity contribution is 5.38. The van der Waals surface area contributed by atoms with Gasteiger partial charge >= 0.3 is 12.4 Å². The number of halogens is 7. The molecule has 0 saturated heterocycles. The van der Waals surface area contributed by atoms with Gasteiger partial charge in [-0.2, -0.15) is 26.3 Å². The van der Waals surface area contributed by atoms with Crippen LogP contribution in [0.5, 0.6) is 0 Å². The first-order valence-electron chi connectivity index (χ1n) is 12.4. The van der Waals surface area contributed by atoms with Crippen molar-refractivity contribution in [2.45, 2.75) is 95.8 Å². The summed E-state index contributed by atoms with van der Waals surface area (Å²) in [4.78, 5) is 0. The fourth-order valence-electron chi connectivity index (χ4n) is 6.59. The van der Waals surface area contributed by atoms with Crippen LogP contribution in [0.3, 0.4) is 0 Å². The summed E-state index contributed by atoms with van der Waals surface area (Å²) >= 11 is 0. The van der Waals surface area contributed by atoms with Gasteiger partial charge in [0.2, 0.25) is 0 Å². The summed E-state index contributed by atoms with van der Waals surface area (Å²) in [5.74, 6) is 0.276. The van der Waals surface area contributed by atoms with Gasteiger partial charge in [0.25, 0.3) is 5.60 Å². The SMILES string of the molecule is C=C1/C(=C\C=C2/CCC[C@@]3(C)C2CCC3[C@@H](C)C/C=C\C(O)(C(F)(F)F)C(F)(F)F)CCC[C@@H]1F. The number of aliphatic hydroxyl groups is 1. The van der Waals surface area contributed by atoms with E-state index in [2.05, 4.69) is 19.6 Å². The smallest absolute Gasteiger partial charge is 0.370 e. The summed E-state index contributed by atoms with van der Waals surface area (Å²) in [6.45, 7) is 7.93. The number of hydrogen-bond donors (Lipinski definition) is 1. The third-order valence-corrected chi connectivity index (χ3v) is 8.65. The molecule has 1 nitrogen and oxygen atoms in total. The van der Waals surface area contributed by atoms with Crippen molar-refractivity contribution in [3.05, 3.63) is 47.6 Å². The van der Waals surface area contributed by atoms with Crippen LogP contribution in [0.15, 0.2) is 47.6 Å². The van der Waals surface area contributed by atoms with Gasteiger partial charge in [0, 0.05) is 0 Å². The molecular weight excluding hydrogens is 473 g/mol. The first-order valence-corrected chi connectivity index (χ1v) is 12.4. The maximum Gasteiger partial charge on any atom is 0.429 e. The molecule has 0 amide bonds. The normalized spacial score (nSPS) is 34.1. The van der Waals surface area contributed by atoms with Crippen molar-refractivity contribution in [1.29, 1.82) is 0 Å². The Hall–Kier alpha value is -1.57. The molecule has 3 aliphatic carbocycles. The minimum atomic E-state index is -5.85. The quantitative estimate of drug-likeness (QED) is 0.291. The Balaban J connectivity index is 1.74.